The Morgan fingerprint density at radius 3 is 2.69 bits per heavy atom. The van der Waals surface area contributed by atoms with E-state index in [0.717, 1.165) is 22.7 Å². The zero-order valence-corrected chi connectivity index (χ0v) is 15.6. The van der Waals surface area contributed by atoms with Gasteiger partial charge >= 0.3 is 0 Å². The van der Waals surface area contributed by atoms with Gasteiger partial charge in [-0.25, -0.2) is 0 Å². The van der Waals surface area contributed by atoms with Gasteiger partial charge in [-0.3, -0.25) is 9.78 Å². The summed E-state index contributed by atoms with van der Waals surface area (Å²) in [5, 5.41) is 19.0. The second-order valence-corrected chi connectivity index (χ2v) is 6.24. The van der Waals surface area contributed by atoms with E-state index in [9.17, 15) is 9.90 Å². The first-order chi connectivity index (χ1) is 11.7. The van der Waals surface area contributed by atoms with Gasteiger partial charge in [0, 0.05) is 37.1 Å². The van der Waals surface area contributed by atoms with Crippen molar-refractivity contribution < 1.29 is 9.90 Å². The van der Waals surface area contributed by atoms with E-state index in [1.165, 1.54) is 0 Å². The summed E-state index contributed by atoms with van der Waals surface area (Å²) in [6.07, 6.45) is 1.30. The first-order valence-corrected chi connectivity index (χ1v) is 8.17. The number of fused-ring (bicyclic) bond motifs is 3. The lowest BCUT2D eigenvalue weighted by atomic mass is 10.00. The van der Waals surface area contributed by atoms with Crippen LogP contribution in [0.5, 0.6) is 0 Å². The Hall–Kier alpha value is -1.92. The van der Waals surface area contributed by atoms with E-state index >= 15 is 0 Å². The van der Waals surface area contributed by atoms with Crippen molar-refractivity contribution in [3.05, 3.63) is 54.2 Å². The van der Waals surface area contributed by atoms with E-state index in [-0.39, 0.29) is 36.6 Å². The van der Waals surface area contributed by atoms with Crippen molar-refractivity contribution in [1.29, 1.82) is 0 Å². The molecule has 7 heteroatoms. The van der Waals surface area contributed by atoms with Crippen molar-refractivity contribution in [1.82, 2.24) is 15.6 Å². The average molecular weight is 394 g/mol. The topological polar surface area (TPSA) is 74.2 Å². The molecular formula is C19H21Cl2N3O2. The number of amides is 1. The summed E-state index contributed by atoms with van der Waals surface area (Å²) in [6.45, 7) is 1.76. The van der Waals surface area contributed by atoms with E-state index in [1.54, 1.807) is 6.20 Å². The number of benzene rings is 2. The highest BCUT2D eigenvalue weighted by Crippen LogP contribution is 2.27. The molecule has 4 rings (SSSR count). The predicted molar refractivity (Wildman–Crippen MR) is 108 cm³/mol. The quantitative estimate of drug-likeness (QED) is 0.597. The van der Waals surface area contributed by atoms with Gasteiger partial charge < -0.3 is 15.7 Å². The molecule has 2 aromatic carbocycles. The smallest absolute Gasteiger partial charge is 0.253 e. The van der Waals surface area contributed by atoms with Crippen LogP contribution in [0.1, 0.15) is 10.4 Å². The zero-order chi connectivity index (χ0) is 16.5. The predicted octanol–water partition coefficient (Wildman–Crippen LogP) is 2.54. The van der Waals surface area contributed by atoms with E-state index in [2.05, 4.69) is 15.6 Å². The monoisotopic (exact) mass is 393 g/mol. The maximum Gasteiger partial charge on any atom is 0.253 e. The van der Waals surface area contributed by atoms with Gasteiger partial charge in [-0.1, -0.05) is 30.3 Å². The van der Waals surface area contributed by atoms with Crippen molar-refractivity contribution in [2.75, 3.05) is 19.6 Å². The second kappa shape index (κ2) is 8.64. The number of aromatic nitrogens is 1. The molecule has 2 atom stereocenters. The van der Waals surface area contributed by atoms with Crippen LogP contribution in [-0.4, -0.2) is 41.7 Å². The summed E-state index contributed by atoms with van der Waals surface area (Å²) >= 11 is 0. The van der Waals surface area contributed by atoms with Gasteiger partial charge in [0.1, 0.15) is 0 Å². The Bertz CT molecular complexity index is 920. The fraction of sp³-hybridized carbons (Fsp3) is 0.263. The van der Waals surface area contributed by atoms with Crippen LogP contribution >= 0.6 is 24.8 Å². The number of halogens is 2. The SMILES string of the molecule is Cl.Cl.O=C(NCC1CNCC1O)c1cc2ccccc2c2cccnc12. The van der Waals surface area contributed by atoms with Gasteiger partial charge in [-0.2, -0.15) is 0 Å². The molecule has 3 aromatic rings. The highest BCUT2D eigenvalue weighted by Gasteiger charge is 2.25. The number of β-amino-alcohol motifs (C(OH)–C–C–N with tert-alkyl or cyclic N) is 1. The largest absolute Gasteiger partial charge is 0.391 e. The summed E-state index contributed by atoms with van der Waals surface area (Å²) in [5.41, 5.74) is 1.28. The molecule has 0 spiro atoms. The molecular weight excluding hydrogens is 373 g/mol. The van der Waals surface area contributed by atoms with Crippen LogP contribution in [0.15, 0.2) is 48.7 Å². The fourth-order valence-corrected chi connectivity index (χ4v) is 3.35. The minimum absolute atomic E-state index is 0. The molecule has 0 aliphatic carbocycles. The lowest BCUT2D eigenvalue weighted by Gasteiger charge is -2.15. The molecule has 0 radical (unpaired) electrons. The molecule has 1 saturated heterocycles. The first-order valence-electron chi connectivity index (χ1n) is 8.17. The summed E-state index contributed by atoms with van der Waals surface area (Å²) in [6, 6.07) is 13.8. The third kappa shape index (κ3) is 3.76. The van der Waals surface area contributed by atoms with E-state index in [4.69, 9.17) is 0 Å². The Morgan fingerprint density at radius 2 is 1.92 bits per heavy atom. The third-order valence-corrected chi connectivity index (χ3v) is 4.69. The average Bonchev–Trinajstić information content (AvgIpc) is 3.04. The van der Waals surface area contributed by atoms with Crippen LogP contribution in [0.4, 0.5) is 0 Å². The molecule has 138 valence electrons. The molecule has 2 unspecified atom stereocenters. The molecule has 5 nitrogen and oxygen atoms in total. The maximum atomic E-state index is 12.7. The molecule has 1 aromatic heterocycles. The molecule has 1 aliphatic heterocycles. The van der Waals surface area contributed by atoms with E-state index < -0.39 is 6.10 Å². The van der Waals surface area contributed by atoms with Crippen LogP contribution in [0.3, 0.4) is 0 Å². The molecule has 2 heterocycles. The highest BCUT2D eigenvalue weighted by atomic mass is 35.5. The van der Waals surface area contributed by atoms with Gasteiger partial charge in [0.05, 0.1) is 17.2 Å². The number of carbonyl (C=O) groups is 1. The van der Waals surface area contributed by atoms with Crippen LogP contribution in [0, 0.1) is 5.92 Å². The Morgan fingerprint density at radius 1 is 1.15 bits per heavy atom. The van der Waals surface area contributed by atoms with Gasteiger partial charge in [-0.15, -0.1) is 24.8 Å². The zero-order valence-electron chi connectivity index (χ0n) is 14.0. The van der Waals surface area contributed by atoms with Gasteiger partial charge in [0.15, 0.2) is 0 Å². The normalized spacial score (nSPS) is 19.0. The Kier molecular flexibility index (Phi) is 6.78. The van der Waals surface area contributed by atoms with Crippen LogP contribution in [0.2, 0.25) is 0 Å². The maximum absolute atomic E-state index is 12.7. The number of nitrogens with zero attached hydrogens (tertiary/aromatic N) is 1. The molecule has 26 heavy (non-hydrogen) atoms. The van der Waals surface area contributed by atoms with Crippen molar-refractivity contribution in [2.24, 2.45) is 5.92 Å². The van der Waals surface area contributed by atoms with E-state index in [0.29, 0.717) is 24.2 Å². The summed E-state index contributed by atoms with van der Waals surface area (Å²) < 4.78 is 0. The molecule has 0 saturated carbocycles. The standard InChI is InChI=1S/C19H19N3O2.2ClH/c23-17-11-20-9-13(17)10-22-19(24)16-8-12-4-1-2-5-14(12)15-6-3-7-21-18(15)16;;/h1-8,13,17,20,23H,9-11H2,(H,22,24);2*1H. The number of rotatable bonds is 3. The number of aliphatic hydroxyl groups excluding tert-OH is 1. The van der Waals surface area contributed by atoms with Crippen molar-refractivity contribution in [3.63, 3.8) is 0 Å². The highest BCUT2D eigenvalue weighted by molar-refractivity contribution is 6.15. The summed E-state index contributed by atoms with van der Waals surface area (Å²) in [4.78, 5) is 17.1. The summed E-state index contributed by atoms with van der Waals surface area (Å²) in [7, 11) is 0. The van der Waals surface area contributed by atoms with Gasteiger partial charge in [0.25, 0.3) is 5.91 Å². The Balaban J connectivity index is 0.00000121. The Labute approximate surface area is 164 Å². The minimum Gasteiger partial charge on any atom is -0.391 e. The number of nitrogens with one attached hydrogen (secondary N) is 2. The third-order valence-electron chi connectivity index (χ3n) is 4.69. The number of pyridine rings is 1. The number of hydrogen-bond acceptors (Lipinski definition) is 4. The number of carbonyl (C=O) groups excluding carboxylic acids is 1. The van der Waals surface area contributed by atoms with Crippen LogP contribution < -0.4 is 10.6 Å². The van der Waals surface area contributed by atoms with Crippen molar-refractivity contribution >= 4 is 52.4 Å². The lowest BCUT2D eigenvalue weighted by molar-refractivity contribution is 0.0928. The molecule has 1 aliphatic rings. The fourth-order valence-electron chi connectivity index (χ4n) is 3.35. The van der Waals surface area contributed by atoms with Crippen LogP contribution in [-0.2, 0) is 0 Å². The number of hydrogen-bond donors (Lipinski definition) is 3. The first kappa shape index (κ1) is 20.4. The lowest BCUT2D eigenvalue weighted by Crippen LogP contribution is -2.34. The van der Waals surface area contributed by atoms with Crippen molar-refractivity contribution in [3.8, 4) is 0 Å². The molecule has 0 bridgehead atoms. The van der Waals surface area contributed by atoms with Gasteiger partial charge in [0.2, 0.25) is 0 Å². The molecule has 3 N–H and O–H groups in total. The summed E-state index contributed by atoms with van der Waals surface area (Å²) in [5.74, 6) is -0.0998. The number of aliphatic hydroxyl groups is 1. The van der Waals surface area contributed by atoms with Crippen molar-refractivity contribution in [2.45, 2.75) is 6.10 Å². The van der Waals surface area contributed by atoms with Crippen LogP contribution in [0.25, 0.3) is 21.7 Å². The second-order valence-electron chi connectivity index (χ2n) is 6.24. The molecule has 1 fully saturated rings. The molecule has 1 amide bonds. The minimum atomic E-state index is -0.406. The van der Waals surface area contributed by atoms with E-state index in [1.807, 2.05) is 42.5 Å². The van der Waals surface area contributed by atoms with Gasteiger partial charge in [-0.05, 0) is 22.9 Å².